The molecule has 0 bridgehead atoms. The van der Waals surface area contributed by atoms with E-state index in [1.807, 2.05) is 0 Å². The van der Waals surface area contributed by atoms with Gasteiger partial charge < -0.3 is 30.3 Å². The highest BCUT2D eigenvalue weighted by molar-refractivity contribution is 4.80. The maximum absolute atomic E-state index is 9.47. The summed E-state index contributed by atoms with van der Waals surface area (Å²) in [6.45, 7) is 4.49. The fourth-order valence-corrected chi connectivity index (χ4v) is 0.997. The molecule has 0 fully saturated rings. The van der Waals surface area contributed by atoms with E-state index in [1.54, 1.807) is 20.8 Å². The monoisotopic (exact) mass is 238 g/mol. The number of rotatable bonds is 6. The van der Waals surface area contributed by atoms with Gasteiger partial charge in [-0.05, 0) is 20.8 Å². The van der Waals surface area contributed by atoms with Gasteiger partial charge in [0.1, 0.15) is 24.4 Å². The molecule has 0 unspecified atom stereocenters. The summed E-state index contributed by atoms with van der Waals surface area (Å²) in [6, 6.07) is 0. The molecule has 0 aliphatic rings. The first kappa shape index (κ1) is 15.8. The zero-order valence-corrected chi connectivity index (χ0v) is 9.87. The van der Waals surface area contributed by atoms with E-state index in [1.165, 1.54) is 0 Å². The maximum atomic E-state index is 9.47. The number of hydrogen-bond acceptors (Lipinski definition) is 6. The zero-order valence-electron chi connectivity index (χ0n) is 9.87. The first-order valence-corrected chi connectivity index (χ1v) is 5.16. The van der Waals surface area contributed by atoms with Gasteiger partial charge in [0.25, 0.3) is 0 Å². The van der Waals surface area contributed by atoms with E-state index < -0.39 is 36.6 Å². The Bertz CT molecular complexity index is 190. The van der Waals surface area contributed by atoms with E-state index in [4.69, 9.17) is 14.9 Å². The van der Waals surface area contributed by atoms with Gasteiger partial charge in [0.2, 0.25) is 0 Å². The molecule has 0 heterocycles. The second-order valence-corrected chi connectivity index (χ2v) is 4.72. The van der Waals surface area contributed by atoms with Gasteiger partial charge in [-0.15, -0.1) is 0 Å². The van der Waals surface area contributed by atoms with Crippen molar-refractivity contribution in [1.82, 2.24) is 0 Å². The van der Waals surface area contributed by atoms with E-state index in [0.29, 0.717) is 0 Å². The SMILES string of the molecule is CC(C)(C)OC[C@H](O)[C@@H](O)[C@@H](O)[C@H](O)CO. The number of aliphatic hydroxyl groups is 5. The van der Waals surface area contributed by atoms with Gasteiger partial charge in [-0.3, -0.25) is 0 Å². The van der Waals surface area contributed by atoms with E-state index >= 15 is 0 Å². The van der Waals surface area contributed by atoms with Crippen molar-refractivity contribution < 1.29 is 30.3 Å². The molecule has 0 aromatic rings. The predicted molar refractivity (Wildman–Crippen MR) is 56.8 cm³/mol. The van der Waals surface area contributed by atoms with E-state index in [2.05, 4.69) is 0 Å². The largest absolute Gasteiger partial charge is 0.394 e. The predicted octanol–water partition coefficient (Wildman–Crippen LogP) is -1.76. The molecule has 98 valence electrons. The Labute approximate surface area is 95.1 Å². The van der Waals surface area contributed by atoms with Crippen LogP contribution in [0.3, 0.4) is 0 Å². The summed E-state index contributed by atoms with van der Waals surface area (Å²) in [5.41, 5.74) is -0.471. The van der Waals surface area contributed by atoms with Crippen molar-refractivity contribution in [2.24, 2.45) is 0 Å². The highest BCUT2D eigenvalue weighted by atomic mass is 16.5. The molecule has 5 N–H and O–H groups in total. The molecule has 0 aliphatic carbocycles. The number of aliphatic hydroxyl groups excluding tert-OH is 5. The quantitative estimate of drug-likeness (QED) is 0.375. The highest BCUT2D eigenvalue weighted by Crippen LogP contribution is 2.11. The summed E-state index contributed by atoms with van der Waals surface area (Å²) in [6.07, 6.45) is -5.98. The standard InChI is InChI=1S/C10H22O6/c1-10(2,3)16-5-7(13)9(15)8(14)6(12)4-11/h6-9,11-15H,4-5H2,1-3H3/t6-,7+,8+,9-/m1/s1. The average Bonchev–Trinajstić information content (AvgIpc) is 2.21. The molecule has 4 atom stereocenters. The first-order valence-electron chi connectivity index (χ1n) is 5.16. The molecule has 6 nitrogen and oxygen atoms in total. The fraction of sp³-hybridized carbons (Fsp3) is 1.00. The molecule has 0 saturated heterocycles. The molecule has 0 saturated carbocycles. The van der Waals surface area contributed by atoms with Crippen LogP contribution in [-0.2, 0) is 4.74 Å². The molecule has 0 aromatic heterocycles. The smallest absolute Gasteiger partial charge is 0.111 e. The van der Waals surface area contributed by atoms with Crippen LogP contribution in [0.2, 0.25) is 0 Å². The Balaban J connectivity index is 4.12. The minimum atomic E-state index is -1.61. The minimum Gasteiger partial charge on any atom is -0.394 e. The molecule has 0 spiro atoms. The van der Waals surface area contributed by atoms with E-state index in [-0.39, 0.29) is 6.61 Å². The molecule has 0 aromatic carbocycles. The lowest BCUT2D eigenvalue weighted by molar-refractivity contribution is -0.142. The van der Waals surface area contributed by atoms with Gasteiger partial charge in [0.15, 0.2) is 0 Å². The van der Waals surface area contributed by atoms with Crippen LogP contribution in [0.5, 0.6) is 0 Å². The Hall–Kier alpha value is -0.240. The molecule has 6 heteroatoms. The normalized spacial score (nSPS) is 20.2. The fourth-order valence-electron chi connectivity index (χ4n) is 0.997. The number of hydrogen-bond donors (Lipinski definition) is 5. The molecular formula is C10H22O6. The molecule has 0 aliphatic heterocycles. The Morgan fingerprint density at radius 1 is 0.938 bits per heavy atom. The molecule has 0 rings (SSSR count). The van der Waals surface area contributed by atoms with Gasteiger partial charge >= 0.3 is 0 Å². The second-order valence-electron chi connectivity index (χ2n) is 4.72. The maximum Gasteiger partial charge on any atom is 0.111 e. The van der Waals surface area contributed by atoms with E-state index in [9.17, 15) is 15.3 Å². The summed E-state index contributed by atoms with van der Waals surface area (Å²) in [7, 11) is 0. The van der Waals surface area contributed by atoms with Gasteiger partial charge in [-0.2, -0.15) is 0 Å². The number of ether oxygens (including phenoxy) is 1. The third kappa shape index (κ3) is 5.74. The van der Waals surface area contributed by atoms with Crippen molar-refractivity contribution in [3.63, 3.8) is 0 Å². The van der Waals surface area contributed by atoms with Crippen molar-refractivity contribution in [2.45, 2.75) is 50.8 Å². The lowest BCUT2D eigenvalue weighted by atomic mass is 10.0. The second kappa shape index (κ2) is 6.48. The van der Waals surface area contributed by atoms with Crippen molar-refractivity contribution in [3.05, 3.63) is 0 Å². The molecule has 0 radical (unpaired) electrons. The average molecular weight is 238 g/mol. The van der Waals surface area contributed by atoms with Crippen LogP contribution in [0.4, 0.5) is 0 Å². The van der Waals surface area contributed by atoms with Gasteiger partial charge in [0.05, 0.1) is 18.8 Å². The van der Waals surface area contributed by atoms with Crippen molar-refractivity contribution in [3.8, 4) is 0 Å². The molecule has 16 heavy (non-hydrogen) atoms. The molecular weight excluding hydrogens is 216 g/mol. The Morgan fingerprint density at radius 3 is 1.75 bits per heavy atom. The van der Waals surface area contributed by atoms with Crippen molar-refractivity contribution in [1.29, 1.82) is 0 Å². The van der Waals surface area contributed by atoms with Crippen LogP contribution >= 0.6 is 0 Å². The summed E-state index contributed by atoms with van der Waals surface area (Å²) < 4.78 is 5.21. The first-order chi connectivity index (χ1) is 7.19. The Morgan fingerprint density at radius 2 is 1.38 bits per heavy atom. The Kier molecular flexibility index (Phi) is 6.39. The van der Waals surface area contributed by atoms with Crippen LogP contribution < -0.4 is 0 Å². The summed E-state index contributed by atoms with van der Waals surface area (Å²) in [5, 5.41) is 45.8. The van der Waals surface area contributed by atoms with Gasteiger partial charge in [-0.1, -0.05) is 0 Å². The van der Waals surface area contributed by atoms with Crippen molar-refractivity contribution >= 4 is 0 Å². The highest BCUT2D eigenvalue weighted by Gasteiger charge is 2.30. The van der Waals surface area contributed by atoms with Crippen LogP contribution in [0.1, 0.15) is 20.8 Å². The van der Waals surface area contributed by atoms with Crippen LogP contribution in [0.15, 0.2) is 0 Å². The third-order valence-electron chi connectivity index (χ3n) is 2.01. The third-order valence-corrected chi connectivity index (χ3v) is 2.01. The minimum absolute atomic E-state index is 0.167. The van der Waals surface area contributed by atoms with Gasteiger partial charge in [-0.25, -0.2) is 0 Å². The summed E-state index contributed by atoms with van der Waals surface area (Å²) in [4.78, 5) is 0. The lowest BCUT2D eigenvalue weighted by Crippen LogP contribution is -2.48. The summed E-state index contributed by atoms with van der Waals surface area (Å²) in [5.74, 6) is 0. The van der Waals surface area contributed by atoms with E-state index in [0.717, 1.165) is 0 Å². The van der Waals surface area contributed by atoms with Crippen LogP contribution in [0.25, 0.3) is 0 Å². The summed E-state index contributed by atoms with van der Waals surface area (Å²) >= 11 is 0. The molecule has 0 amide bonds. The zero-order chi connectivity index (χ0) is 12.9. The van der Waals surface area contributed by atoms with Gasteiger partial charge in [0, 0.05) is 0 Å². The van der Waals surface area contributed by atoms with Crippen molar-refractivity contribution in [2.75, 3.05) is 13.2 Å². The van der Waals surface area contributed by atoms with Crippen LogP contribution in [0, 0.1) is 0 Å². The van der Waals surface area contributed by atoms with Crippen LogP contribution in [-0.4, -0.2) is 68.8 Å². The topological polar surface area (TPSA) is 110 Å². The lowest BCUT2D eigenvalue weighted by Gasteiger charge is -2.28.